The van der Waals surface area contributed by atoms with E-state index in [0.29, 0.717) is 31.0 Å². The summed E-state index contributed by atoms with van der Waals surface area (Å²) >= 11 is 0. The largest absolute Gasteiger partial charge is 0.379 e. The molecule has 6 rings (SSSR count). The third kappa shape index (κ3) is 7.39. The molecule has 0 saturated carbocycles. The van der Waals surface area contributed by atoms with Gasteiger partial charge in [0, 0.05) is 70.3 Å². The number of fused-ring (bicyclic) bond motifs is 1. The lowest BCUT2D eigenvalue weighted by Crippen LogP contribution is -2.46. The van der Waals surface area contributed by atoms with Crippen LogP contribution in [0.2, 0.25) is 0 Å². The summed E-state index contributed by atoms with van der Waals surface area (Å²) in [6.45, 7) is 8.48. The van der Waals surface area contributed by atoms with Crippen molar-refractivity contribution in [3.63, 3.8) is 0 Å². The number of nitrogens with one attached hydrogen (secondary N) is 2. The van der Waals surface area contributed by atoms with Gasteiger partial charge in [0.25, 0.3) is 15.9 Å². The Morgan fingerprint density at radius 1 is 0.750 bits per heavy atom. The fraction of sp³-hybridized carbons (Fsp3) is 0.324. The summed E-state index contributed by atoms with van der Waals surface area (Å²) in [5, 5.41) is 4.89. The zero-order valence-electron chi connectivity index (χ0n) is 24.8. The van der Waals surface area contributed by atoms with Gasteiger partial charge < -0.3 is 15.0 Å². The molecule has 0 atom stereocenters. The summed E-state index contributed by atoms with van der Waals surface area (Å²) < 4.78 is 34.9. The highest BCUT2D eigenvalue weighted by Crippen LogP contribution is 2.28. The molecule has 2 N–H and O–H groups in total. The summed E-state index contributed by atoms with van der Waals surface area (Å²) in [5.41, 5.74) is 2.90. The second kappa shape index (κ2) is 13.8. The molecule has 2 aliphatic rings. The van der Waals surface area contributed by atoms with E-state index in [0.717, 1.165) is 68.8 Å². The van der Waals surface area contributed by atoms with E-state index in [2.05, 4.69) is 49.0 Å². The van der Waals surface area contributed by atoms with Gasteiger partial charge in [-0.3, -0.25) is 19.3 Å². The Kier molecular flexibility index (Phi) is 9.42. The molecule has 4 aromatic carbocycles. The molecule has 230 valence electrons. The molecule has 1 amide bonds. The highest BCUT2D eigenvalue weighted by molar-refractivity contribution is 7.92. The second-order valence-corrected chi connectivity index (χ2v) is 13.0. The number of amides is 1. The Morgan fingerprint density at radius 3 is 2.25 bits per heavy atom. The standard InChI is InChI=1S/C34H39N5O4S/c40-34(35-14-15-37-20-22-43-23-21-37)32-25-30(36-44(41,42)31-12-10-28-8-4-5-9-29(28)24-31)11-13-33(32)39-18-16-38(17-19-39)26-27-6-2-1-3-7-27/h1-13,24-25,36H,14-23,26H2,(H,35,40). The third-order valence-electron chi connectivity index (χ3n) is 8.30. The van der Waals surface area contributed by atoms with Crippen LogP contribution in [-0.2, 0) is 21.3 Å². The van der Waals surface area contributed by atoms with E-state index in [1.165, 1.54) is 5.56 Å². The molecule has 4 aromatic rings. The number of anilines is 2. The number of hydrogen-bond donors (Lipinski definition) is 2. The molecule has 2 aliphatic heterocycles. The van der Waals surface area contributed by atoms with Gasteiger partial charge in [0.05, 0.1) is 23.7 Å². The topological polar surface area (TPSA) is 94.2 Å². The van der Waals surface area contributed by atoms with Crippen LogP contribution in [0.3, 0.4) is 0 Å². The Balaban J connectivity index is 1.19. The molecule has 44 heavy (non-hydrogen) atoms. The molecule has 0 spiro atoms. The minimum atomic E-state index is -3.87. The molecule has 0 bridgehead atoms. The maximum atomic E-state index is 13.6. The molecule has 2 saturated heterocycles. The summed E-state index contributed by atoms with van der Waals surface area (Å²) in [4.78, 5) is 20.7. The summed E-state index contributed by atoms with van der Waals surface area (Å²) in [6.07, 6.45) is 0. The van der Waals surface area contributed by atoms with E-state index in [4.69, 9.17) is 4.74 Å². The normalized spacial score (nSPS) is 16.6. The van der Waals surface area contributed by atoms with Crippen molar-refractivity contribution >= 4 is 38.1 Å². The van der Waals surface area contributed by atoms with Crippen LogP contribution in [0.25, 0.3) is 10.8 Å². The molecule has 2 fully saturated rings. The number of benzene rings is 4. The van der Waals surface area contributed by atoms with Crippen LogP contribution in [0, 0.1) is 0 Å². The van der Waals surface area contributed by atoms with Gasteiger partial charge in [-0.1, -0.05) is 60.7 Å². The van der Waals surface area contributed by atoms with Crippen molar-refractivity contribution in [3.05, 3.63) is 102 Å². The zero-order valence-corrected chi connectivity index (χ0v) is 25.6. The number of rotatable bonds is 10. The van der Waals surface area contributed by atoms with Crippen LogP contribution < -0.4 is 14.9 Å². The van der Waals surface area contributed by atoms with Gasteiger partial charge in [-0.05, 0) is 46.7 Å². The molecule has 0 radical (unpaired) electrons. The molecule has 2 heterocycles. The fourth-order valence-corrected chi connectivity index (χ4v) is 6.93. The number of carbonyl (C=O) groups is 1. The van der Waals surface area contributed by atoms with Crippen LogP contribution in [-0.4, -0.2) is 89.7 Å². The van der Waals surface area contributed by atoms with Crippen molar-refractivity contribution in [2.45, 2.75) is 11.4 Å². The lowest BCUT2D eigenvalue weighted by atomic mass is 10.1. The maximum Gasteiger partial charge on any atom is 0.261 e. The number of carbonyl (C=O) groups excluding carboxylic acids is 1. The number of nitrogens with zero attached hydrogens (tertiary/aromatic N) is 3. The first-order chi connectivity index (χ1) is 21.4. The van der Waals surface area contributed by atoms with Gasteiger partial charge in [-0.25, -0.2) is 8.42 Å². The number of morpholine rings is 1. The van der Waals surface area contributed by atoms with Crippen LogP contribution in [0.4, 0.5) is 11.4 Å². The zero-order chi connectivity index (χ0) is 30.4. The Morgan fingerprint density at radius 2 is 1.48 bits per heavy atom. The molecule has 9 nitrogen and oxygen atoms in total. The van der Waals surface area contributed by atoms with Gasteiger partial charge in [0.15, 0.2) is 0 Å². The van der Waals surface area contributed by atoms with Crippen LogP contribution >= 0.6 is 0 Å². The predicted octanol–water partition coefficient (Wildman–Crippen LogP) is 4.02. The molecule has 10 heteroatoms. The van der Waals surface area contributed by atoms with Crippen LogP contribution in [0.15, 0.2) is 95.9 Å². The predicted molar refractivity (Wildman–Crippen MR) is 175 cm³/mol. The summed E-state index contributed by atoms with van der Waals surface area (Å²) in [6, 6.07) is 28.4. The first kappa shape index (κ1) is 30.1. The smallest absolute Gasteiger partial charge is 0.261 e. The number of hydrogen-bond acceptors (Lipinski definition) is 7. The molecular weight excluding hydrogens is 574 g/mol. The average Bonchev–Trinajstić information content (AvgIpc) is 3.06. The van der Waals surface area contributed by atoms with Gasteiger partial charge in [0.2, 0.25) is 0 Å². The van der Waals surface area contributed by atoms with E-state index >= 15 is 0 Å². The molecule has 0 aliphatic carbocycles. The van der Waals surface area contributed by atoms with E-state index in [1.807, 2.05) is 36.4 Å². The number of piperazine rings is 1. The second-order valence-electron chi connectivity index (χ2n) is 11.3. The van der Waals surface area contributed by atoms with Gasteiger partial charge in [-0.15, -0.1) is 0 Å². The van der Waals surface area contributed by atoms with E-state index in [9.17, 15) is 13.2 Å². The van der Waals surface area contributed by atoms with Crippen molar-refractivity contribution in [2.24, 2.45) is 0 Å². The maximum absolute atomic E-state index is 13.6. The molecule has 0 unspecified atom stereocenters. The average molecular weight is 614 g/mol. The molecule has 0 aromatic heterocycles. The fourth-order valence-electron chi connectivity index (χ4n) is 5.84. The van der Waals surface area contributed by atoms with Crippen LogP contribution in [0.5, 0.6) is 0 Å². The van der Waals surface area contributed by atoms with Crippen LogP contribution in [0.1, 0.15) is 15.9 Å². The first-order valence-corrected chi connectivity index (χ1v) is 16.7. The van der Waals surface area contributed by atoms with Crippen molar-refractivity contribution in [2.75, 3.05) is 75.2 Å². The van der Waals surface area contributed by atoms with Crippen molar-refractivity contribution < 1.29 is 17.9 Å². The number of sulfonamides is 1. The molecular formula is C34H39N5O4S. The highest BCUT2D eigenvalue weighted by Gasteiger charge is 2.24. The quantitative estimate of drug-likeness (QED) is 0.279. The van der Waals surface area contributed by atoms with Crippen molar-refractivity contribution in [1.29, 1.82) is 0 Å². The van der Waals surface area contributed by atoms with Crippen molar-refractivity contribution in [3.8, 4) is 0 Å². The van der Waals surface area contributed by atoms with Crippen molar-refractivity contribution in [1.82, 2.24) is 15.1 Å². The monoisotopic (exact) mass is 613 g/mol. The van der Waals surface area contributed by atoms with Gasteiger partial charge in [-0.2, -0.15) is 0 Å². The van der Waals surface area contributed by atoms with E-state index in [1.54, 1.807) is 30.3 Å². The first-order valence-electron chi connectivity index (χ1n) is 15.2. The van der Waals surface area contributed by atoms with E-state index < -0.39 is 10.0 Å². The summed E-state index contributed by atoms with van der Waals surface area (Å²) in [7, 11) is -3.87. The minimum absolute atomic E-state index is 0.173. The lowest BCUT2D eigenvalue weighted by molar-refractivity contribution is 0.0383. The van der Waals surface area contributed by atoms with Gasteiger partial charge in [0.1, 0.15) is 0 Å². The Bertz CT molecular complexity index is 1680. The minimum Gasteiger partial charge on any atom is -0.379 e. The highest BCUT2D eigenvalue weighted by atomic mass is 32.2. The summed E-state index contributed by atoms with van der Waals surface area (Å²) in [5.74, 6) is -0.216. The Labute approximate surface area is 259 Å². The number of ether oxygens (including phenoxy) is 1. The SMILES string of the molecule is O=C(NCCN1CCOCC1)c1cc(NS(=O)(=O)c2ccc3ccccc3c2)ccc1N1CCN(Cc2ccccc2)CC1. The van der Waals surface area contributed by atoms with E-state index in [-0.39, 0.29) is 10.8 Å². The lowest BCUT2D eigenvalue weighted by Gasteiger charge is -2.37. The third-order valence-corrected chi connectivity index (χ3v) is 9.68. The Hall–Kier alpha value is -3.96. The van der Waals surface area contributed by atoms with Gasteiger partial charge >= 0.3 is 0 Å².